The number of hydrogen-bond donors (Lipinski definition) is 2. The number of nitrogens with zero attached hydrogens (tertiary/aromatic N) is 5. The first kappa shape index (κ1) is 31.1. The third kappa shape index (κ3) is 4.63. The van der Waals surface area contributed by atoms with Gasteiger partial charge in [-0.3, -0.25) is 9.69 Å². The molecule has 1 aliphatic heterocycles. The number of aromatic nitrogens is 3. The summed E-state index contributed by atoms with van der Waals surface area (Å²) in [5.41, 5.74) is 3.52. The summed E-state index contributed by atoms with van der Waals surface area (Å²) in [6.07, 6.45) is 7.79. The van der Waals surface area contributed by atoms with E-state index >= 15 is 0 Å². The van der Waals surface area contributed by atoms with Gasteiger partial charge in [-0.25, -0.2) is 9.07 Å². The van der Waals surface area contributed by atoms with E-state index < -0.39 is 17.1 Å². The predicted molar refractivity (Wildman–Crippen MR) is 184 cm³/mol. The van der Waals surface area contributed by atoms with E-state index in [1.165, 1.54) is 17.7 Å². The largest absolute Gasteiger partial charge is 0.423 e. The Kier molecular flexibility index (Phi) is 7.04. The van der Waals surface area contributed by atoms with Crippen LogP contribution in [0.2, 0.25) is 0 Å². The van der Waals surface area contributed by atoms with E-state index in [0.717, 1.165) is 53.7 Å². The highest BCUT2D eigenvalue weighted by atomic mass is 19.1. The Bertz CT molecular complexity index is 1930. The Morgan fingerprint density at radius 2 is 1.84 bits per heavy atom. The first-order valence-electron chi connectivity index (χ1n) is 17.9. The molecule has 1 saturated heterocycles. The van der Waals surface area contributed by atoms with Crippen molar-refractivity contribution in [3.63, 3.8) is 0 Å². The number of oxazole rings is 1. The van der Waals surface area contributed by atoms with Crippen LogP contribution in [0.25, 0.3) is 22.9 Å². The maximum absolute atomic E-state index is 14.1. The molecule has 49 heavy (non-hydrogen) atoms. The van der Waals surface area contributed by atoms with Crippen molar-refractivity contribution in [1.29, 1.82) is 0 Å². The van der Waals surface area contributed by atoms with Gasteiger partial charge >= 0.3 is 0 Å². The quantitative estimate of drug-likeness (QED) is 0.291. The van der Waals surface area contributed by atoms with Crippen LogP contribution in [0.1, 0.15) is 57.2 Å². The molecule has 0 spiro atoms. The predicted octanol–water partition coefficient (Wildman–Crippen LogP) is 5.43. The van der Waals surface area contributed by atoms with Crippen molar-refractivity contribution < 1.29 is 23.8 Å². The lowest BCUT2D eigenvalue weighted by Crippen LogP contribution is -2.63. The molecule has 9 nitrogen and oxygen atoms in total. The molecule has 0 radical (unpaired) electrons. The van der Waals surface area contributed by atoms with Crippen LogP contribution >= 0.6 is 0 Å². The number of para-hydroxylation sites is 2. The second-order valence-corrected chi connectivity index (χ2v) is 15.8. The number of ketones is 1. The zero-order valence-electron chi connectivity index (χ0n) is 28.2. The molecule has 256 valence electrons. The van der Waals surface area contributed by atoms with Gasteiger partial charge in [0.25, 0.3) is 6.01 Å². The number of benzene rings is 2. The fourth-order valence-electron chi connectivity index (χ4n) is 10.9. The van der Waals surface area contributed by atoms with Gasteiger partial charge in [0.05, 0.1) is 30.2 Å². The van der Waals surface area contributed by atoms with Gasteiger partial charge in [0, 0.05) is 31.6 Å². The molecule has 0 amide bonds. The highest BCUT2D eigenvalue weighted by molar-refractivity contribution is 5.90. The van der Waals surface area contributed by atoms with Gasteiger partial charge in [-0.05, 0) is 110 Å². The average Bonchev–Trinajstić information content (AvgIpc) is 3.78. The highest BCUT2D eigenvalue weighted by Gasteiger charge is 2.68. The Hall–Kier alpha value is -3.86. The molecule has 3 saturated carbocycles. The van der Waals surface area contributed by atoms with Crippen molar-refractivity contribution in [2.75, 3.05) is 37.6 Å². The third-order valence-corrected chi connectivity index (χ3v) is 13.4. The van der Waals surface area contributed by atoms with E-state index in [1.54, 1.807) is 12.1 Å². The number of rotatable bonds is 5. The summed E-state index contributed by atoms with van der Waals surface area (Å²) < 4.78 is 21.5. The van der Waals surface area contributed by atoms with Crippen LogP contribution in [0.5, 0.6) is 0 Å². The average molecular weight is 666 g/mol. The van der Waals surface area contributed by atoms with Crippen molar-refractivity contribution in [2.24, 2.45) is 28.6 Å². The van der Waals surface area contributed by atoms with Gasteiger partial charge in [0.2, 0.25) is 0 Å². The molecular formula is C39H44FN5O4. The Morgan fingerprint density at radius 1 is 1.06 bits per heavy atom. The molecule has 4 fully saturated rings. The second kappa shape index (κ2) is 11.1. The Balaban J connectivity index is 0.910. The summed E-state index contributed by atoms with van der Waals surface area (Å²) in [5.74, 6) is 0.0178. The topological polar surface area (TPSA) is 108 Å². The van der Waals surface area contributed by atoms with Gasteiger partial charge in [0.1, 0.15) is 16.9 Å². The van der Waals surface area contributed by atoms with Crippen LogP contribution in [-0.4, -0.2) is 80.1 Å². The number of anilines is 1. The first-order chi connectivity index (χ1) is 23.6. The summed E-state index contributed by atoms with van der Waals surface area (Å²) in [4.78, 5) is 23.0. The van der Waals surface area contributed by atoms with Crippen LogP contribution in [-0.2, 0) is 11.2 Å². The molecule has 7 atom stereocenters. The normalized spacial score (nSPS) is 34.2. The fourth-order valence-corrected chi connectivity index (χ4v) is 10.9. The third-order valence-electron chi connectivity index (χ3n) is 13.4. The van der Waals surface area contributed by atoms with Crippen LogP contribution in [0, 0.1) is 34.4 Å². The minimum atomic E-state index is -1.46. The number of carbonyl (C=O) groups excluding carboxylic acids is 1. The smallest absolute Gasteiger partial charge is 0.298 e. The standard InChI is InChI=1S/C39H44FN5O4/c1-37-20-24-22-41-45(27-10-8-26(40)9-11-27)31(24)19-25(37)7-12-28-29-13-14-39(48,38(29,2)21-32(46)35(28)37)34(47)23-43-15-17-44(18-16-43)36-42-30-5-3-4-6-33(30)49-36/h3-6,8-11,19,22,28-29,32,35,46,48H,7,12-18,20-21,23H2,1-2H3/t28?,29?,32-,35?,37?,38-,39-/m0/s1. The molecular weight excluding hydrogens is 621 g/mol. The first-order valence-corrected chi connectivity index (χ1v) is 17.9. The number of aliphatic hydroxyl groups is 2. The van der Waals surface area contributed by atoms with Gasteiger partial charge in [-0.2, -0.15) is 10.1 Å². The van der Waals surface area contributed by atoms with Gasteiger partial charge in [-0.15, -0.1) is 0 Å². The van der Waals surface area contributed by atoms with Crippen molar-refractivity contribution >= 4 is 29.0 Å². The van der Waals surface area contributed by atoms with E-state index in [1.807, 2.05) is 35.1 Å². The number of allylic oxidation sites excluding steroid dienone is 1. The molecule has 2 N–H and O–H groups in total. The molecule has 10 heteroatoms. The molecule has 4 aromatic rings. The molecule has 0 bridgehead atoms. The van der Waals surface area contributed by atoms with Crippen molar-refractivity contribution in [3.05, 3.63) is 77.4 Å². The molecule has 4 unspecified atom stereocenters. The Morgan fingerprint density at radius 3 is 2.61 bits per heavy atom. The van der Waals surface area contributed by atoms with Crippen LogP contribution in [0.4, 0.5) is 10.4 Å². The monoisotopic (exact) mass is 665 g/mol. The van der Waals surface area contributed by atoms with Crippen molar-refractivity contribution in [2.45, 2.75) is 64.1 Å². The molecule has 2 aromatic heterocycles. The van der Waals surface area contributed by atoms with E-state index in [0.29, 0.717) is 45.0 Å². The maximum atomic E-state index is 14.1. The summed E-state index contributed by atoms with van der Waals surface area (Å²) in [6, 6.07) is 14.8. The minimum absolute atomic E-state index is 0.0327. The SMILES string of the molecule is CC12Cc3cnn(-c4ccc(F)cc4)c3C=C1CCC1C2[C@@H](O)C[C@@]2(C)C1CC[C@]2(O)C(=O)CN1CCN(c2nc3ccccc3o2)CC1. The fraction of sp³-hybridized carbons (Fsp3) is 0.513. The van der Waals surface area contributed by atoms with Gasteiger partial charge in [0.15, 0.2) is 11.4 Å². The van der Waals surface area contributed by atoms with E-state index in [-0.39, 0.29) is 41.3 Å². The number of hydrogen-bond acceptors (Lipinski definition) is 8. The van der Waals surface area contributed by atoms with E-state index in [9.17, 15) is 19.4 Å². The summed E-state index contributed by atoms with van der Waals surface area (Å²) in [7, 11) is 0. The number of aliphatic hydroxyl groups excluding tert-OH is 1. The van der Waals surface area contributed by atoms with E-state index in [2.05, 4.69) is 34.7 Å². The minimum Gasteiger partial charge on any atom is -0.423 e. The summed E-state index contributed by atoms with van der Waals surface area (Å²) in [6.45, 7) is 7.33. The lowest BCUT2D eigenvalue weighted by Gasteiger charge is -2.60. The number of fused-ring (bicyclic) bond motifs is 7. The molecule has 3 heterocycles. The molecule has 4 aliphatic carbocycles. The van der Waals surface area contributed by atoms with Crippen LogP contribution < -0.4 is 4.90 Å². The zero-order valence-corrected chi connectivity index (χ0v) is 28.2. The highest BCUT2D eigenvalue weighted by Crippen LogP contribution is 2.67. The maximum Gasteiger partial charge on any atom is 0.298 e. The summed E-state index contributed by atoms with van der Waals surface area (Å²) in [5, 5.41) is 29.1. The Labute approximate surface area is 285 Å². The molecule has 5 aliphatic rings. The van der Waals surface area contributed by atoms with Crippen molar-refractivity contribution in [1.82, 2.24) is 19.7 Å². The number of piperazine rings is 1. The molecule has 2 aromatic carbocycles. The number of halogens is 1. The van der Waals surface area contributed by atoms with Crippen molar-refractivity contribution in [3.8, 4) is 5.69 Å². The number of Topliss-reactive ketones (excluding diaryl/α,β-unsaturated/α-hetero) is 1. The zero-order chi connectivity index (χ0) is 33.7. The summed E-state index contributed by atoms with van der Waals surface area (Å²) >= 11 is 0. The van der Waals surface area contributed by atoms with Gasteiger partial charge < -0.3 is 19.5 Å². The number of carbonyl (C=O) groups is 1. The second-order valence-electron chi connectivity index (χ2n) is 15.8. The lowest BCUT2D eigenvalue weighted by atomic mass is 9.45. The van der Waals surface area contributed by atoms with Crippen LogP contribution in [0.15, 0.2) is 64.7 Å². The lowest BCUT2D eigenvalue weighted by molar-refractivity contribution is -0.180. The van der Waals surface area contributed by atoms with E-state index in [4.69, 9.17) is 9.52 Å². The van der Waals surface area contributed by atoms with Gasteiger partial charge in [-0.1, -0.05) is 31.6 Å². The van der Waals surface area contributed by atoms with Crippen LogP contribution in [0.3, 0.4) is 0 Å². The molecule has 9 rings (SSSR count).